The monoisotopic (exact) mass is 461 g/mol. The number of hydrogen-bond acceptors (Lipinski definition) is 7. The fraction of sp³-hybridized carbons (Fsp3) is 0.304. The third kappa shape index (κ3) is 8.26. The number of carboxylic acid groups (broad SMARTS) is 1. The van der Waals surface area contributed by atoms with Gasteiger partial charge in [-0.05, 0) is 61.2 Å². The molecule has 2 atom stereocenters. The highest BCUT2D eigenvalue weighted by Gasteiger charge is 2.26. The number of aliphatic hydroxyl groups excluding tert-OH is 1. The Labute approximate surface area is 191 Å². The molecule has 2 rings (SSSR count). The first kappa shape index (κ1) is 25.3. The van der Waals surface area contributed by atoms with E-state index >= 15 is 0 Å². The average molecular weight is 462 g/mol. The van der Waals surface area contributed by atoms with Crippen LogP contribution in [0.5, 0.6) is 5.75 Å². The molecule has 2 aromatic rings. The normalized spacial score (nSPS) is 12.8. The average Bonchev–Trinajstić information content (AvgIpc) is 2.80. The Morgan fingerprint density at radius 1 is 1.12 bits per heavy atom. The van der Waals surface area contributed by atoms with Crippen LogP contribution < -0.4 is 10.1 Å². The molecule has 172 valence electrons. The van der Waals surface area contributed by atoms with Crippen molar-refractivity contribution >= 4 is 29.5 Å². The van der Waals surface area contributed by atoms with Crippen LogP contribution in [0, 0.1) is 0 Å². The summed E-state index contributed by atoms with van der Waals surface area (Å²) in [6, 6.07) is 14.0. The Bertz CT molecular complexity index is 884. The highest BCUT2D eigenvalue weighted by Crippen LogP contribution is 2.28. The molecule has 0 fully saturated rings. The Morgan fingerprint density at radius 3 is 2.38 bits per heavy atom. The van der Waals surface area contributed by atoms with Crippen LogP contribution in [0.3, 0.4) is 0 Å². The van der Waals surface area contributed by atoms with E-state index in [9.17, 15) is 9.59 Å². The quantitative estimate of drug-likeness (QED) is 0.320. The van der Waals surface area contributed by atoms with E-state index in [0.29, 0.717) is 17.0 Å². The molecule has 3 N–H and O–H groups in total. The number of hydrogen-bond donors (Lipinski definition) is 3. The predicted molar refractivity (Wildman–Crippen MR) is 122 cm³/mol. The molecule has 0 aliphatic heterocycles. The van der Waals surface area contributed by atoms with Crippen LogP contribution in [0.15, 0.2) is 65.6 Å². The van der Waals surface area contributed by atoms with Gasteiger partial charge in [0.1, 0.15) is 18.5 Å². The Morgan fingerprint density at radius 2 is 1.81 bits per heavy atom. The second-order valence-electron chi connectivity index (χ2n) is 6.44. The maximum atomic E-state index is 12.6. The van der Waals surface area contributed by atoms with Gasteiger partial charge >= 0.3 is 12.1 Å². The van der Waals surface area contributed by atoms with E-state index in [1.54, 1.807) is 55.1 Å². The minimum absolute atomic E-state index is 0.113. The number of carboxylic acids is 1. The van der Waals surface area contributed by atoms with Crippen LogP contribution in [0.4, 0.5) is 10.5 Å². The zero-order valence-electron chi connectivity index (χ0n) is 17.9. The van der Waals surface area contributed by atoms with Gasteiger partial charge in [-0.2, -0.15) is 0 Å². The molecule has 0 bridgehead atoms. The number of aliphatic hydroxyl groups is 1. The first-order valence-electron chi connectivity index (χ1n) is 9.94. The highest BCUT2D eigenvalue weighted by molar-refractivity contribution is 7.98. The zero-order valence-corrected chi connectivity index (χ0v) is 18.7. The summed E-state index contributed by atoms with van der Waals surface area (Å²) < 4.78 is 16.7. The van der Waals surface area contributed by atoms with Crippen molar-refractivity contribution in [1.82, 2.24) is 0 Å². The molecular weight excluding hydrogens is 434 g/mol. The lowest BCUT2D eigenvalue weighted by Gasteiger charge is -2.25. The number of aliphatic carboxylic acids is 1. The standard InChI is InChI=1S/C23H27NO7S/c1-3-29-20(12-13-21(26)27)22(16-4-8-18(9-5-16)30-15-14-25)31-23(28)24-17-6-10-19(32-2)11-7-17/h4-13,20,22,25H,3,14-15H2,1-2H3,(H,24,28)(H,26,27)/b13-12+/t20-,22-/m1/s1. The molecule has 1 amide bonds. The van der Waals surface area contributed by atoms with E-state index in [1.807, 2.05) is 18.4 Å². The number of thioether (sulfide) groups is 1. The van der Waals surface area contributed by atoms with Gasteiger partial charge < -0.3 is 24.4 Å². The van der Waals surface area contributed by atoms with Gasteiger partial charge in [-0.3, -0.25) is 5.32 Å². The molecule has 2 aromatic carbocycles. The number of anilines is 1. The van der Waals surface area contributed by atoms with Crippen molar-refractivity contribution in [2.75, 3.05) is 31.4 Å². The first-order valence-corrected chi connectivity index (χ1v) is 11.2. The summed E-state index contributed by atoms with van der Waals surface area (Å²) in [5.41, 5.74) is 1.15. The van der Waals surface area contributed by atoms with Crippen molar-refractivity contribution < 1.29 is 34.0 Å². The van der Waals surface area contributed by atoms with Crippen LogP contribution >= 0.6 is 11.8 Å². The van der Waals surface area contributed by atoms with Gasteiger partial charge in [-0.25, -0.2) is 9.59 Å². The van der Waals surface area contributed by atoms with Gasteiger partial charge in [0.15, 0.2) is 6.10 Å². The summed E-state index contributed by atoms with van der Waals surface area (Å²) in [5, 5.41) is 20.6. The molecule has 0 aliphatic carbocycles. The fourth-order valence-electron chi connectivity index (χ4n) is 2.79. The van der Waals surface area contributed by atoms with Crippen molar-refractivity contribution in [3.05, 3.63) is 66.2 Å². The second kappa shape index (κ2) is 13.4. The summed E-state index contributed by atoms with van der Waals surface area (Å²) in [4.78, 5) is 24.7. The maximum absolute atomic E-state index is 12.6. The molecule has 9 heteroatoms. The van der Waals surface area contributed by atoms with Crippen molar-refractivity contribution in [2.45, 2.75) is 24.0 Å². The molecule has 0 saturated carbocycles. The molecule has 0 radical (unpaired) electrons. The summed E-state index contributed by atoms with van der Waals surface area (Å²) in [6.07, 6.45) is 1.80. The number of rotatable bonds is 12. The summed E-state index contributed by atoms with van der Waals surface area (Å²) >= 11 is 1.59. The lowest BCUT2D eigenvalue weighted by atomic mass is 10.0. The predicted octanol–water partition coefficient (Wildman–Crippen LogP) is 4.12. The van der Waals surface area contributed by atoms with Crippen molar-refractivity contribution in [2.24, 2.45) is 0 Å². The number of ether oxygens (including phenoxy) is 3. The topological polar surface area (TPSA) is 114 Å². The minimum atomic E-state index is -1.14. The summed E-state index contributed by atoms with van der Waals surface area (Å²) in [6.45, 7) is 2.08. The lowest BCUT2D eigenvalue weighted by molar-refractivity contribution is -0.131. The SMILES string of the molecule is CCO[C@H](/C=C/C(=O)O)[C@H](OC(=O)Nc1ccc(SC)cc1)c1ccc(OCCO)cc1. The van der Waals surface area contributed by atoms with E-state index in [4.69, 9.17) is 24.4 Å². The number of benzene rings is 2. The fourth-order valence-corrected chi connectivity index (χ4v) is 3.20. The van der Waals surface area contributed by atoms with Crippen LogP contribution in [0.25, 0.3) is 0 Å². The van der Waals surface area contributed by atoms with E-state index in [2.05, 4.69) is 5.32 Å². The van der Waals surface area contributed by atoms with Gasteiger partial charge in [-0.1, -0.05) is 12.1 Å². The molecule has 0 aromatic heterocycles. The Hall–Kier alpha value is -3.01. The van der Waals surface area contributed by atoms with Crippen LogP contribution in [-0.4, -0.2) is 54.5 Å². The van der Waals surface area contributed by atoms with E-state index in [0.717, 1.165) is 11.0 Å². The van der Waals surface area contributed by atoms with Crippen LogP contribution in [-0.2, 0) is 14.3 Å². The van der Waals surface area contributed by atoms with Crippen LogP contribution in [0.1, 0.15) is 18.6 Å². The molecule has 0 aliphatic rings. The van der Waals surface area contributed by atoms with Gasteiger partial charge in [-0.15, -0.1) is 11.8 Å². The molecule has 32 heavy (non-hydrogen) atoms. The number of amides is 1. The van der Waals surface area contributed by atoms with Gasteiger partial charge in [0.05, 0.1) is 6.61 Å². The minimum Gasteiger partial charge on any atom is -0.491 e. The van der Waals surface area contributed by atoms with E-state index < -0.39 is 24.3 Å². The molecule has 0 saturated heterocycles. The van der Waals surface area contributed by atoms with Gasteiger partial charge in [0, 0.05) is 23.3 Å². The van der Waals surface area contributed by atoms with Crippen molar-refractivity contribution in [3.8, 4) is 5.75 Å². The zero-order chi connectivity index (χ0) is 23.3. The van der Waals surface area contributed by atoms with Gasteiger partial charge in [0.25, 0.3) is 0 Å². The van der Waals surface area contributed by atoms with E-state index in [1.165, 1.54) is 6.08 Å². The van der Waals surface area contributed by atoms with E-state index in [-0.39, 0.29) is 19.8 Å². The highest BCUT2D eigenvalue weighted by atomic mass is 32.2. The number of carbonyl (C=O) groups is 2. The third-order valence-electron chi connectivity index (χ3n) is 4.23. The molecule has 0 unspecified atom stereocenters. The van der Waals surface area contributed by atoms with Crippen molar-refractivity contribution in [3.63, 3.8) is 0 Å². The first-order chi connectivity index (χ1) is 15.5. The molecule has 0 spiro atoms. The van der Waals surface area contributed by atoms with Crippen molar-refractivity contribution in [1.29, 1.82) is 0 Å². The third-order valence-corrected chi connectivity index (χ3v) is 4.97. The molecule has 0 heterocycles. The lowest BCUT2D eigenvalue weighted by Crippen LogP contribution is -2.27. The Kier molecular flexibility index (Phi) is 10.6. The maximum Gasteiger partial charge on any atom is 0.412 e. The van der Waals surface area contributed by atoms with Crippen LogP contribution in [0.2, 0.25) is 0 Å². The second-order valence-corrected chi connectivity index (χ2v) is 7.32. The largest absolute Gasteiger partial charge is 0.491 e. The Balaban J connectivity index is 2.24. The summed E-state index contributed by atoms with van der Waals surface area (Å²) in [7, 11) is 0. The number of carbonyl (C=O) groups excluding carboxylic acids is 1. The molecule has 8 nitrogen and oxygen atoms in total. The number of nitrogens with one attached hydrogen (secondary N) is 1. The summed E-state index contributed by atoms with van der Waals surface area (Å²) in [5.74, 6) is -0.603. The smallest absolute Gasteiger partial charge is 0.412 e. The molecular formula is C23H27NO7S. The van der Waals surface area contributed by atoms with Gasteiger partial charge in [0.2, 0.25) is 0 Å².